The lowest BCUT2D eigenvalue weighted by atomic mass is 10.1. The van der Waals surface area contributed by atoms with Crippen molar-refractivity contribution in [2.45, 2.75) is 37.5 Å². The van der Waals surface area contributed by atoms with Crippen LogP contribution in [0.5, 0.6) is 0 Å². The average Bonchev–Trinajstić information content (AvgIpc) is 3.17. The molecule has 1 atom stereocenters. The number of rotatable bonds is 8. The third kappa shape index (κ3) is 5.67. The van der Waals surface area contributed by atoms with E-state index in [9.17, 15) is 13.2 Å². The minimum atomic E-state index is -3.48. The van der Waals surface area contributed by atoms with Crippen molar-refractivity contribution in [3.05, 3.63) is 71.8 Å². The molecule has 0 N–H and O–H groups in total. The van der Waals surface area contributed by atoms with Crippen molar-refractivity contribution in [1.29, 1.82) is 0 Å². The number of benzene rings is 2. The Labute approximate surface area is 166 Å². The number of hydrogen-bond donors (Lipinski definition) is 0. The molecule has 3 rings (SSSR count). The van der Waals surface area contributed by atoms with Gasteiger partial charge in [0.1, 0.15) is 0 Å². The molecule has 0 radical (unpaired) electrons. The summed E-state index contributed by atoms with van der Waals surface area (Å²) in [5.74, 6) is 0.674. The van der Waals surface area contributed by atoms with Gasteiger partial charge in [0.05, 0.1) is 11.8 Å². The number of carbonyl (C=O) groups is 1. The lowest BCUT2D eigenvalue weighted by molar-refractivity contribution is -0.113. The van der Waals surface area contributed by atoms with Gasteiger partial charge in [-0.3, -0.25) is 4.79 Å². The van der Waals surface area contributed by atoms with Gasteiger partial charge < -0.3 is 0 Å². The van der Waals surface area contributed by atoms with Crippen molar-refractivity contribution in [3.8, 4) is 0 Å². The first-order valence-electron chi connectivity index (χ1n) is 9.30. The van der Waals surface area contributed by atoms with Crippen molar-refractivity contribution in [2.24, 2.45) is 0 Å². The lowest BCUT2D eigenvalue weighted by Crippen LogP contribution is -2.40. The molecule has 1 heterocycles. The largest absolute Gasteiger partial charge is 0.285 e. The van der Waals surface area contributed by atoms with Gasteiger partial charge in [-0.25, -0.2) is 8.42 Å². The summed E-state index contributed by atoms with van der Waals surface area (Å²) in [5.41, 5.74) is 2.02. The second-order valence-corrected chi connectivity index (χ2v) is 9.79. The average molecular weight is 404 g/mol. The zero-order chi connectivity index (χ0) is 19.1. The first kappa shape index (κ1) is 20.1. The van der Waals surface area contributed by atoms with Crippen molar-refractivity contribution in [1.82, 2.24) is 4.31 Å². The molecule has 1 aliphatic heterocycles. The van der Waals surface area contributed by atoms with E-state index in [1.165, 1.54) is 21.6 Å². The standard InChI is InChI=1S/C21H25NO3S2/c23-21(26-16-8-13-18-9-3-1-4-10-18)20-14-7-15-22(20)27(24,25)17-19-11-5-2-6-12-19/h1-6,9-12,20H,7-8,13-17H2. The minimum absolute atomic E-state index is 0.0165. The molecule has 2 aromatic rings. The molecule has 4 nitrogen and oxygen atoms in total. The van der Waals surface area contributed by atoms with E-state index in [0.717, 1.165) is 30.6 Å². The fourth-order valence-electron chi connectivity index (χ4n) is 3.37. The van der Waals surface area contributed by atoms with Crippen LogP contribution in [0.25, 0.3) is 0 Å². The highest BCUT2D eigenvalue weighted by Crippen LogP contribution is 2.27. The van der Waals surface area contributed by atoms with Crippen LogP contribution in [-0.2, 0) is 27.0 Å². The van der Waals surface area contributed by atoms with E-state index in [1.54, 1.807) is 0 Å². The van der Waals surface area contributed by atoms with E-state index < -0.39 is 16.1 Å². The van der Waals surface area contributed by atoms with Crippen LogP contribution in [0.1, 0.15) is 30.4 Å². The van der Waals surface area contributed by atoms with Gasteiger partial charge in [-0.05, 0) is 36.8 Å². The molecule has 0 amide bonds. The summed E-state index contributed by atoms with van der Waals surface area (Å²) in [7, 11) is -3.48. The maximum Gasteiger partial charge on any atom is 0.218 e. The predicted octanol–water partition coefficient (Wildman–Crippen LogP) is 3.87. The predicted molar refractivity (Wildman–Crippen MR) is 111 cm³/mol. The molecule has 6 heteroatoms. The number of aryl methyl sites for hydroxylation is 1. The van der Waals surface area contributed by atoms with Crippen LogP contribution < -0.4 is 0 Å². The topological polar surface area (TPSA) is 54.5 Å². The summed E-state index contributed by atoms with van der Waals surface area (Å²) < 4.78 is 27.0. The van der Waals surface area contributed by atoms with E-state index in [2.05, 4.69) is 12.1 Å². The summed E-state index contributed by atoms with van der Waals surface area (Å²) >= 11 is 1.27. The highest BCUT2D eigenvalue weighted by Gasteiger charge is 2.38. The van der Waals surface area contributed by atoms with E-state index in [0.29, 0.717) is 13.0 Å². The zero-order valence-corrected chi connectivity index (χ0v) is 16.9. The molecule has 0 saturated carbocycles. The third-order valence-corrected chi connectivity index (χ3v) is 7.62. The first-order valence-corrected chi connectivity index (χ1v) is 11.9. The van der Waals surface area contributed by atoms with Crippen LogP contribution >= 0.6 is 11.8 Å². The molecule has 144 valence electrons. The third-order valence-electron chi connectivity index (χ3n) is 4.72. The SMILES string of the molecule is O=C(SCCCc1ccccc1)C1CCCN1S(=O)(=O)Cc1ccccc1. The first-order chi connectivity index (χ1) is 13.1. The molecule has 0 aliphatic carbocycles. The molecule has 0 aromatic heterocycles. The van der Waals surface area contributed by atoms with E-state index in [4.69, 9.17) is 0 Å². The Morgan fingerprint density at radius 3 is 2.30 bits per heavy atom. The molecular formula is C21H25NO3S2. The van der Waals surface area contributed by atoms with E-state index in [1.807, 2.05) is 48.5 Å². The fraction of sp³-hybridized carbons (Fsp3) is 0.381. The van der Waals surface area contributed by atoms with Gasteiger partial charge >= 0.3 is 0 Å². The summed E-state index contributed by atoms with van der Waals surface area (Å²) in [5, 5.41) is -0.0165. The van der Waals surface area contributed by atoms with E-state index >= 15 is 0 Å². The molecule has 0 spiro atoms. The number of carbonyl (C=O) groups excluding carboxylic acids is 1. The highest BCUT2D eigenvalue weighted by molar-refractivity contribution is 8.13. The Morgan fingerprint density at radius 1 is 1.00 bits per heavy atom. The Morgan fingerprint density at radius 2 is 1.63 bits per heavy atom. The van der Waals surface area contributed by atoms with Crippen LogP contribution in [0.4, 0.5) is 0 Å². The second kappa shape index (κ2) is 9.53. The maximum atomic E-state index is 12.8. The molecule has 1 saturated heterocycles. The summed E-state index contributed by atoms with van der Waals surface area (Å²) in [4.78, 5) is 12.6. The van der Waals surface area contributed by atoms with Crippen molar-refractivity contribution in [3.63, 3.8) is 0 Å². The van der Waals surface area contributed by atoms with E-state index in [-0.39, 0.29) is 10.9 Å². The van der Waals surface area contributed by atoms with Gasteiger partial charge in [-0.1, -0.05) is 72.4 Å². The van der Waals surface area contributed by atoms with Crippen LogP contribution in [0.2, 0.25) is 0 Å². The molecule has 27 heavy (non-hydrogen) atoms. The monoisotopic (exact) mass is 403 g/mol. The Bertz CT molecular complexity index is 838. The second-order valence-electron chi connectivity index (χ2n) is 6.77. The van der Waals surface area contributed by atoms with Gasteiger partial charge in [-0.2, -0.15) is 4.31 Å². The van der Waals surface area contributed by atoms with Gasteiger partial charge in [0.2, 0.25) is 15.1 Å². The maximum absolute atomic E-state index is 12.8. The van der Waals surface area contributed by atoms with Crippen LogP contribution in [-0.4, -0.2) is 36.2 Å². The zero-order valence-electron chi connectivity index (χ0n) is 15.3. The van der Waals surface area contributed by atoms with Gasteiger partial charge in [0.15, 0.2) is 0 Å². The van der Waals surface area contributed by atoms with Crippen molar-refractivity contribution >= 4 is 26.9 Å². The van der Waals surface area contributed by atoms with Crippen molar-refractivity contribution < 1.29 is 13.2 Å². The smallest absolute Gasteiger partial charge is 0.218 e. The van der Waals surface area contributed by atoms with Crippen LogP contribution in [0, 0.1) is 0 Å². The number of thioether (sulfide) groups is 1. The van der Waals surface area contributed by atoms with Crippen LogP contribution in [0.15, 0.2) is 60.7 Å². The highest BCUT2D eigenvalue weighted by atomic mass is 32.2. The summed E-state index contributed by atoms with van der Waals surface area (Å²) in [6.07, 6.45) is 3.21. The summed E-state index contributed by atoms with van der Waals surface area (Å²) in [6.45, 7) is 0.441. The molecular weight excluding hydrogens is 378 g/mol. The van der Waals surface area contributed by atoms with Gasteiger partial charge in [0.25, 0.3) is 0 Å². The Balaban J connectivity index is 1.53. The number of nitrogens with zero attached hydrogens (tertiary/aromatic N) is 1. The normalized spacial score (nSPS) is 17.9. The molecule has 2 aromatic carbocycles. The molecule has 1 aliphatic rings. The molecule has 0 bridgehead atoms. The lowest BCUT2D eigenvalue weighted by Gasteiger charge is -2.22. The van der Waals surface area contributed by atoms with Crippen LogP contribution in [0.3, 0.4) is 0 Å². The van der Waals surface area contributed by atoms with Gasteiger partial charge in [0, 0.05) is 12.3 Å². The number of sulfonamides is 1. The van der Waals surface area contributed by atoms with Gasteiger partial charge in [-0.15, -0.1) is 0 Å². The quantitative estimate of drug-likeness (QED) is 0.628. The Hall–Kier alpha value is -1.63. The molecule has 1 fully saturated rings. The minimum Gasteiger partial charge on any atom is -0.285 e. The number of hydrogen-bond acceptors (Lipinski definition) is 4. The van der Waals surface area contributed by atoms with Crippen molar-refractivity contribution in [2.75, 3.05) is 12.3 Å². The summed E-state index contributed by atoms with van der Waals surface area (Å²) in [6, 6.07) is 18.8. The Kier molecular flexibility index (Phi) is 7.10. The molecule has 1 unspecified atom stereocenters. The fourth-order valence-corrected chi connectivity index (χ4v) is 6.14.